The van der Waals surface area contributed by atoms with Crippen molar-refractivity contribution in [2.75, 3.05) is 19.6 Å². The van der Waals surface area contributed by atoms with Crippen LogP contribution >= 0.6 is 0 Å². The molecule has 1 aliphatic carbocycles. The highest BCUT2D eigenvalue weighted by atomic mass is 16.2. The number of nitrogens with one attached hydrogen (secondary N) is 1. The molecule has 5 nitrogen and oxygen atoms in total. The summed E-state index contributed by atoms with van der Waals surface area (Å²) in [5.41, 5.74) is 4.95. The molecule has 152 valence electrons. The van der Waals surface area contributed by atoms with Crippen LogP contribution in [0, 0.1) is 25.7 Å². The van der Waals surface area contributed by atoms with Crippen molar-refractivity contribution in [3.8, 4) is 0 Å². The molecule has 3 saturated heterocycles. The zero-order valence-corrected chi connectivity index (χ0v) is 17.4. The maximum absolute atomic E-state index is 13.3. The quantitative estimate of drug-likeness (QED) is 0.816. The van der Waals surface area contributed by atoms with E-state index in [9.17, 15) is 4.79 Å². The highest BCUT2D eigenvalue weighted by Crippen LogP contribution is 2.45. The summed E-state index contributed by atoms with van der Waals surface area (Å²) in [6.07, 6.45) is 11.8. The van der Waals surface area contributed by atoms with Crippen molar-refractivity contribution in [1.82, 2.24) is 20.0 Å². The molecule has 1 N–H and O–H groups in total. The molecule has 2 unspecified atom stereocenters. The fourth-order valence-corrected chi connectivity index (χ4v) is 6.57. The first kappa shape index (κ1) is 18.4. The Morgan fingerprint density at radius 1 is 1.25 bits per heavy atom. The van der Waals surface area contributed by atoms with Crippen LogP contribution in [0.2, 0.25) is 0 Å². The second-order valence-corrected chi connectivity index (χ2v) is 9.51. The average molecular weight is 383 g/mol. The summed E-state index contributed by atoms with van der Waals surface area (Å²) in [5, 5.41) is 7.34. The average Bonchev–Trinajstić information content (AvgIpc) is 3.03. The van der Waals surface area contributed by atoms with Crippen LogP contribution in [0.4, 0.5) is 0 Å². The lowest BCUT2D eigenvalue weighted by atomic mass is 9.68. The lowest BCUT2D eigenvalue weighted by Gasteiger charge is -2.54. The van der Waals surface area contributed by atoms with Gasteiger partial charge in [-0.05, 0) is 76.3 Å². The van der Waals surface area contributed by atoms with E-state index in [0.717, 1.165) is 42.7 Å². The van der Waals surface area contributed by atoms with Crippen LogP contribution in [0.15, 0.2) is 11.6 Å². The highest BCUT2D eigenvalue weighted by Gasteiger charge is 2.46. The lowest BCUT2D eigenvalue weighted by molar-refractivity contribution is -0.136. The molecule has 4 heterocycles. The van der Waals surface area contributed by atoms with Crippen molar-refractivity contribution < 1.29 is 4.79 Å². The van der Waals surface area contributed by atoms with E-state index in [0.29, 0.717) is 24.3 Å². The van der Waals surface area contributed by atoms with E-state index in [-0.39, 0.29) is 0 Å². The molecule has 0 aromatic carbocycles. The van der Waals surface area contributed by atoms with E-state index in [1.165, 1.54) is 50.8 Å². The summed E-state index contributed by atoms with van der Waals surface area (Å²) in [6, 6.07) is 1.14. The SMILES string of the molecule is Cc1n[nH]c(C)c1CCC(=O)N1CCCC2=C[C@@H]3C[C@@H](CN4CCCCC34)C21. The molecule has 2 bridgehead atoms. The van der Waals surface area contributed by atoms with Gasteiger partial charge in [0.1, 0.15) is 0 Å². The van der Waals surface area contributed by atoms with E-state index < -0.39 is 0 Å². The van der Waals surface area contributed by atoms with E-state index >= 15 is 0 Å². The molecule has 1 aromatic heterocycles. The third-order valence-electron chi connectivity index (χ3n) is 7.85. The second kappa shape index (κ2) is 7.33. The van der Waals surface area contributed by atoms with E-state index in [1.807, 2.05) is 6.92 Å². The number of carbonyl (C=O) groups excluding carboxylic acids is 1. The lowest BCUT2D eigenvalue weighted by Crippen LogP contribution is -2.60. The van der Waals surface area contributed by atoms with Crippen LogP contribution in [-0.2, 0) is 11.2 Å². The molecule has 4 aliphatic rings. The van der Waals surface area contributed by atoms with Gasteiger partial charge in [0.25, 0.3) is 0 Å². The molecule has 5 rings (SSSR count). The maximum atomic E-state index is 13.3. The van der Waals surface area contributed by atoms with Gasteiger partial charge in [-0.15, -0.1) is 0 Å². The molecule has 1 aromatic rings. The Morgan fingerprint density at radius 3 is 2.96 bits per heavy atom. The van der Waals surface area contributed by atoms with Gasteiger partial charge in [-0.3, -0.25) is 14.8 Å². The summed E-state index contributed by atoms with van der Waals surface area (Å²) in [4.78, 5) is 18.3. The second-order valence-electron chi connectivity index (χ2n) is 9.51. The monoisotopic (exact) mass is 382 g/mol. The predicted molar refractivity (Wildman–Crippen MR) is 110 cm³/mol. The molecule has 0 saturated carbocycles. The molecular weight excluding hydrogens is 348 g/mol. The Bertz CT molecular complexity index is 762. The largest absolute Gasteiger partial charge is 0.336 e. The van der Waals surface area contributed by atoms with E-state index in [1.54, 1.807) is 5.57 Å². The van der Waals surface area contributed by atoms with Gasteiger partial charge < -0.3 is 4.90 Å². The zero-order chi connectivity index (χ0) is 19.3. The smallest absolute Gasteiger partial charge is 0.223 e. The number of hydrogen-bond acceptors (Lipinski definition) is 3. The fourth-order valence-electron chi connectivity index (χ4n) is 6.57. The van der Waals surface area contributed by atoms with Gasteiger partial charge in [0.2, 0.25) is 5.91 Å². The number of aromatic nitrogens is 2. The number of amides is 1. The normalized spacial score (nSPS) is 32.5. The Hall–Kier alpha value is -1.62. The zero-order valence-electron chi connectivity index (χ0n) is 17.4. The van der Waals surface area contributed by atoms with Crippen molar-refractivity contribution in [3.63, 3.8) is 0 Å². The van der Waals surface area contributed by atoms with Gasteiger partial charge in [0, 0.05) is 31.2 Å². The van der Waals surface area contributed by atoms with Crippen LogP contribution in [0.25, 0.3) is 0 Å². The topological polar surface area (TPSA) is 52.2 Å². The Morgan fingerprint density at radius 2 is 2.14 bits per heavy atom. The third-order valence-corrected chi connectivity index (χ3v) is 7.85. The molecule has 3 aliphatic heterocycles. The minimum atomic E-state index is 0.342. The van der Waals surface area contributed by atoms with Crippen molar-refractivity contribution in [1.29, 1.82) is 0 Å². The number of nitrogens with zero attached hydrogens (tertiary/aromatic N) is 3. The van der Waals surface area contributed by atoms with Crippen LogP contribution in [-0.4, -0.2) is 57.6 Å². The number of rotatable bonds is 3. The Kier molecular flexibility index (Phi) is 4.82. The number of carbonyl (C=O) groups is 1. The number of piperidine rings is 3. The maximum Gasteiger partial charge on any atom is 0.223 e. The van der Waals surface area contributed by atoms with Crippen molar-refractivity contribution >= 4 is 5.91 Å². The van der Waals surface area contributed by atoms with E-state index in [4.69, 9.17) is 0 Å². The fraction of sp³-hybridized carbons (Fsp3) is 0.739. The van der Waals surface area contributed by atoms with Gasteiger partial charge in [-0.2, -0.15) is 5.10 Å². The molecular formula is C23H34N4O. The van der Waals surface area contributed by atoms with Crippen molar-refractivity contribution in [3.05, 3.63) is 28.6 Å². The van der Waals surface area contributed by atoms with Gasteiger partial charge in [-0.25, -0.2) is 0 Å². The van der Waals surface area contributed by atoms with Gasteiger partial charge in [0.05, 0.1) is 11.7 Å². The van der Waals surface area contributed by atoms with E-state index in [2.05, 4.69) is 33.0 Å². The third kappa shape index (κ3) is 3.12. The van der Waals surface area contributed by atoms with Gasteiger partial charge >= 0.3 is 0 Å². The first-order valence-electron chi connectivity index (χ1n) is 11.4. The number of fused-ring (bicyclic) bond motifs is 6. The number of aromatic amines is 1. The minimum absolute atomic E-state index is 0.342. The molecule has 4 atom stereocenters. The first-order valence-corrected chi connectivity index (χ1v) is 11.4. The number of aryl methyl sites for hydroxylation is 2. The van der Waals surface area contributed by atoms with Crippen molar-refractivity contribution in [2.24, 2.45) is 11.8 Å². The Balaban J connectivity index is 1.33. The summed E-state index contributed by atoms with van der Waals surface area (Å²) in [5.74, 6) is 1.72. The van der Waals surface area contributed by atoms with Crippen molar-refractivity contribution in [2.45, 2.75) is 77.3 Å². The summed E-state index contributed by atoms with van der Waals surface area (Å²) >= 11 is 0. The molecule has 1 amide bonds. The van der Waals surface area contributed by atoms with Crippen LogP contribution in [0.3, 0.4) is 0 Å². The number of hydrogen-bond donors (Lipinski definition) is 1. The summed E-state index contributed by atoms with van der Waals surface area (Å²) in [7, 11) is 0. The molecule has 28 heavy (non-hydrogen) atoms. The van der Waals surface area contributed by atoms with Crippen LogP contribution in [0.1, 0.15) is 61.9 Å². The molecule has 5 heteroatoms. The van der Waals surface area contributed by atoms with Gasteiger partial charge in [-0.1, -0.05) is 18.1 Å². The summed E-state index contributed by atoms with van der Waals surface area (Å²) < 4.78 is 0. The number of likely N-dealkylation sites (tertiary alicyclic amines) is 1. The van der Waals surface area contributed by atoms with Crippen LogP contribution in [0.5, 0.6) is 0 Å². The van der Waals surface area contributed by atoms with Crippen LogP contribution < -0.4 is 0 Å². The minimum Gasteiger partial charge on any atom is -0.336 e. The molecule has 3 fully saturated rings. The highest BCUT2D eigenvalue weighted by molar-refractivity contribution is 5.77. The Labute approximate surface area is 168 Å². The summed E-state index contributed by atoms with van der Waals surface area (Å²) in [6.45, 7) is 7.49. The predicted octanol–water partition coefficient (Wildman–Crippen LogP) is 3.38. The number of H-pyrrole nitrogens is 1. The standard InChI is InChI=1S/C23H34N4O/c1-15-20(16(2)25-24-15)8-9-22(28)27-11-5-6-17-12-18-13-19(23(17)27)14-26-10-4-3-7-21(18)26/h12,18-19,21,23H,3-11,13-14H2,1-2H3,(H,24,25)/t18-,19+,21?,23?/m1/s1. The first-order chi connectivity index (χ1) is 13.6. The molecule has 0 spiro atoms. The molecule has 0 radical (unpaired) electrons. The van der Waals surface area contributed by atoms with Gasteiger partial charge in [0.15, 0.2) is 0 Å².